The van der Waals surface area contributed by atoms with Gasteiger partial charge in [-0.2, -0.15) is 0 Å². The number of carbonyl (C=O) groups excluding carboxylic acids is 2. The smallest absolute Gasteiger partial charge is 0.281 e. The fourth-order valence-corrected chi connectivity index (χ4v) is 3.87. The zero-order valence-corrected chi connectivity index (χ0v) is 12.9. The second-order valence-electron chi connectivity index (χ2n) is 6.20. The summed E-state index contributed by atoms with van der Waals surface area (Å²) in [7, 11) is 0. The maximum Gasteiger partial charge on any atom is 0.336 e. The van der Waals surface area contributed by atoms with Crippen molar-refractivity contribution in [3.05, 3.63) is 69.9 Å². The Morgan fingerprint density at radius 3 is 2.56 bits per heavy atom. The number of anilines is 1. The largest absolute Gasteiger partial charge is 0.336 e. The lowest BCUT2D eigenvalue weighted by Crippen LogP contribution is -2.36. The minimum absolute atomic E-state index is 0.0530. The van der Waals surface area contributed by atoms with E-state index >= 15 is 0 Å². The molecule has 2 aliphatic heterocycles. The van der Waals surface area contributed by atoms with Crippen molar-refractivity contribution >= 4 is 34.1 Å². The quantitative estimate of drug-likeness (QED) is 0.480. The van der Waals surface area contributed by atoms with Gasteiger partial charge >= 0.3 is 6.03 Å². The Morgan fingerprint density at radius 2 is 1.84 bits per heavy atom. The molecule has 0 saturated carbocycles. The van der Waals surface area contributed by atoms with E-state index in [1.165, 1.54) is 17.0 Å². The zero-order chi connectivity index (χ0) is 17.3. The van der Waals surface area contributed by atoms with Crippen molar-refractivity contribution in [2.45, 2.75) is 12.5 Å². The Kier molecular flexibility index (Phi) is 2.52. The first-order chi connectivity index (χ1) is 12.1. The van der Waals surface area contributed by atoms with E-state index < -0.39 is 11.0 Å². The van der Waals surface area contributed by atoms with Gasteiger partial charge in [0.15, 0.2) is 0 Å². The number of rotatable bonds is 2. The predicted molar refractivity (Wildman–Crippen MR) is 89.9 cm³/mol. The molecule has 1 unspecified atom stereocenters. The van der Waals surface area contributed by atoms with Crippen LogP contribution in [0.3, 0.4) is 0 Å². The first-order valence-electron chi connectivity index (χ1n) is 7.83. The molecule has 2 bridgehead atoms. The minimum atomic E-state index is -0.466. The van der Waals surface area contributed by atoms with Crippen LogP contribution in [-0.2, 0) is 4.79 Å². The van der Waals surface area contributed by atoms with Crippen LogP contribution in [0.2, 0.25) is 0 Å². The number of amides is 3. The van der Waals surface area contributed by atoms with Crippen LogP contribution in [-0.4, -0.2) is 27.8 Å². The van der Waals surface area contributed by atoms with Crippen molar-refractivity contribution in [1.82, 2.24) is 4.90 Å². The molecule has 1 fully saturated rings. The molecular formula is C18H11N3O4. The van der Waals surface area contributed by atoms with Crippen LogP contribution in [0.1, 0.15) is 6.42 Å². The molecule has 2 aromatic carbocycles. The Labute approximate surface area is 141 Å². The molecule has 1 saturated heterocycles. The molecule has 25 heavy (non-hydrogen) atoms. The molecule has 0 aromatic heterocycles. The maximum atomic E-state index is 12.9. The third kappa shape index (κ3) is 1.64. The van der Waals surface area contributed by atoms with E-state index in [-0.39, 0.29) is 17.6 Å². The van der Waals surface area contributed by atoms with Crippen molar-refractivity contribution < 1.29 is 14.5 Å². The molecule has 1 atom stereocenters. The van der Waals surface area contributed by atoms with Crippen LogP contribution in [0.15, 0.2) is 59.8 Å². The van der Waals surface area contributed by atoms with Gasteiger partial charge in [-0.05, 0) is 24.1 Å². The standard InChI is InChI=1S/C18H11N3O4/c22-17-16-10-5-6-11(9-10)19(16)18(23)20(17)14-7-8-15(21(24)25)13-4-2-1-3-12(13)14/h1-8,11H,9H2. The molecule has 0 radical (unpaired) electrons. The molecule has 2 aromatic rings. The number of nitro groups is 1. The van der Waals surface area contributed by atoms with Crippen LogP contribution in [0.5, 0.6) is 0 Å². The van der Waals surface area contributed by atoms with Gasteiger partial charge in [-0.1, -0.05) is 30.4 Å². The molecule has 122 valence electrons. The lowest BCUT2D eigenvalue weighted by atomic mass is 10.1. The number of hydrogen-bond donors (Lipinski definition) is 0. The van der Waals surface area contributed by atoms with Crippen molar-refractivity contribution in [2.24, 2.45) is 0 Å². The summed E-state index contributed by atoms with van der Waals surface area (Å²) in [6.07, 6.45) is 4.49. The normalized spacial score (nSPS) is 21.0. The van der Waals surface area contributed by atoms with Gasteiger partial charge in [-0.3, -0.25) is 19.8 Å². The van der Waals surface area contributed by atoms with Gasteiger partial charge in [0.2, 0.25) is 0 Å². The van der Waals surface area contributed by atoms with E-state index in [1.807, 2.05) is 12.2 Å². The number of allylic oxidation sites excluding steroid dienone is 1. The van der Waals surface area contributed by atoms with Crippen molar-refractivity contribution in [3.8, 4) is 0 Å². The topological polar surface area (TPSA) is 83.8 Å². The highest BCUT2D eigenvalue weighted by Gasteiger charge is 2.51. The van der Waals surface area contributed by atoms with Gasteiger partial charge in [0.25, 0.3) is 11.6 Å². The lowest BCUT2D eigenvalue weighted by Gasteiger charge is -2.20. The molecule has 0 N–H and O–H groups in total. The van der Waals surface area contributed by atoms with E-state index in [0.717, 1.165) is 10.5 Å². The zero-order valence-electron chi connectivity index (χ0n) is 12.9. The highest BCUT2D eigenvalue weighted by atomic mass is 16.6. The van der Waals surface area contributed by atoms with E-state index in [0.29, 0.717) is 28.6 Å². The molecule has 3 aliphatic rings. The van der Waals surface area contributed by atoms with Crippen LogP contribution in [0.25, 0.3) is 10.8 Å². The summed E-state index contributed by atoms with van der Waals surface area (Å²) in [5.41, 5.74) is 1.62. The lowest BCUT2D eigenvalue weighted by molar-refractivity contribution is -0.383. The fourth-order valence-electron chi connectivity index (χ4n) is 3.87. The third-order valence-electron chi connectivity index (χ3n) is 4.94. The summed E-state index contributed by atoms with van der Waals surface area (Å²) >= 11 is 0. The Bertz CT molecular complexity index is 1070. The van der Waals surface area contributed by atoms with Crippen LogP contribution >= 0.6 is 0 Å². The number of imide groups is 1. The number of benzene rings is 2. The number of nitrogens with zero attached hydrogens (tertiary/aromatic N) is 3. The number of non-ortho nitro benzene ring substituents is 1. The van der Waals surface area contributed by atoms with Crippen molar-refractivity contribution in [1.29, 1.82) is 0 Å². The number of nitro benzene ring substituents is 1. The summed E-state index contributed by atoms with van der Waals surface area (Å²) in [4.78, 5) is 39.2. The molecule has 3 amide bonds. The number of urea groups is 1. The Morgan fingerprint density at radius 1 is 1.08 bits per heavy atom. The molecule has 7 heteroatoms. The second kappa shape index (κ2) is 4.54. The van der Waals surface area contributed by atoms with Gasteiger partial charge in [-0.15, -0.1) is 0 Å². The summed E-state index contributed by atoms with van der Waals surface area (Å²) < 4.78 is 0. The number of hydrogen-bond acceptors (Lipinski definition) is 4. The van der Waals surface area contributed by atoms with Crippen molar-refractivity contribution in [2.75, 3.05) is 4.90 Å². The van der Waals surface area contributed by atoms with Gasteiger partial charge in [0.05, 0.1) is 22.0 Å². The van der Waals surface area contributed by atoms with Gasteiger partial charge < -0.3 is 0 Å². The third-order valence-corrected chi connectivity index (χ3v) is 4.94. The average Bonchev–Trinajstić information content (AvgIpc) is 3.28. The molecule has 2 heterocycles. The van der Waals surface area contributed by atoms with Gasteiger partial charge in [-0.25, -0.2) is 9.69 Å². The Hall–Kier alpha value is -3.48. The Balaban J connectivity index is 1.72. The molecule has 0 spiro atoms. The van der Waals surface area contributed by atoms with Crippen LogP contribution in [0, 0.1) is 10.1 Å². The van der Waals surface area contributed by atoms with Crippen molar-refractivity contribution in [3.63, 3.8) is 0 Å². The van der Waals surface area contributed by atoms with E-state index in [4.69, 9.17) is 0 Å². The average molecular weight is 333 g/mol. The monoisotopic (exact) mass is 333 g/mol. The number of fused-ring (bicyclic) bond motifs is 5. The highest BCUT2D eigenvalue weighted by Crippen LogP contribution is 2.44. The number of carbonyl (C=O) groups is 2. The first-order valence-corrected chi connectivity index (χ1v) is 7.83. The second-order valence-corrected chi connectivity index (χ2v) is 6.20. The predicted octanol–water partition coefficient (Wildman–Crippen LogP) is 3.11. The van der Waals surface area contributed by atoms with E-state index in [9.17, 15) is 19.7 Å². The fraction of sp³-hybridized carbons (Fsp3) is 0.111. The summed E-state index contributed by atoms with van der Waals surface area (Å²) in [5, 5.41) is 12.2. The molecule has 7 nitrogen and oxygen atoms in total. The van der Waals surface area contributed by atoms with E-state index in [1.54, 1.807) is 24.3 Å². The minimum Gasteiger partial charge on any atom is -0.281 e. The molecule has 1 aliphatic carbocycles. The first kappa shape index (κ1) is 13.9. The SMILES string of the molecule is O=C1C2=C3C=CC(C3)N2C(=O)N1c1ccc([N+](=O)[O-])c2ccccc12. The summed E-state index contributed by atoms with van der Waals surface area (Å²) in [6, 6.07) is 9.04. The molecule has 5 rings (SSSR count). The van der Waals surface area contributed by atoms with Gasteiger partial charge in [0.1, 0.15) is 5.70 Å². The molecular weight excluding hydrogens is 322 g/mol. The van der Waals surface area contributed by atoms with Gasteiger partial charge in [0, 0.05) is 11.5 Å². The highest BCUT2D eigenvalue weighted by molar-refractivity contribution is 6.30. The van der Waals surface area contributed by atoms with E-state index in [2.05, 4.69) is 0 Å². The summed E-state index contributed by atoms with van der Waals surface area (Å²) in [5.74, 6) is -0.370. The summed E-state index contributed by atoms with van der Waals surface area (Å²) in [6.45, 7) is 0. The maximum absolute atomic E-state index is 12.9. The van der Waals surface area contributed by atoms with Crippen LogP contribution in [0.4, 0.5) is 16.2 Å². The van der Waals surface area contributed by atoms with Crippen LogP contribution < -0.4 is 4.90 Å².